The van der Waals surface area contributed by atoms with E-state index in [1.165, 1.54) is 0 Å². The van der Waals surface area contributed by atoms with E-state index in [4.69, 9.17) is 17.9 Å². The van der Waals surface area contributed by atoms with E-state index in [9.17, 15) is 0 Å². The van der Waals surface area contributed by atoms with E-state index < -0.39 is 6.50 Å². The highest BCUT2D eigenvalue weighted by Gasteiger charge is 2.12. The Kier molecular flexibility index (Phi) is 1.37. The van der Waals surface area contributed by atoms with Gasteiger partial charge in [0.15, 0.2) is 11.5 Å². The Hall–Kier alpha value is -1.22. The Labute approximate surface area is 73.9 Å². The van der Waals surface area contributed by atoms with Gasteiger partial charge in [0.2, 0.25) is 6.79 Å². The topological polar surface area (TPSA) is 44.5 Å². The average molecular weight is 167 g/mol. The van der Waals surface area contributed by atoms with Gasteiger partial charge in [-0.05, 0) is 30.6 Å². The zero-order chi connectivity index (χ0) is 10.2. The average Bonchev–Trinajstić information content (AvgIpc) is 2.47. The molecule has 1 aromatic rings. The molecular formula is C9H11NO2. The van der Waals surface area contributed by atoms with E-state index in [0.29, 0.717) is 11.5 Å². The number of aryl methyl sites for hydroxylation is 1. The highest BCUT2D eigenvalue weighted by molar-refractivity contribution is 5.44. The van der Waals surface area contributed by atoms with Crippen LogP contribution in [0.1, 0.15) is 8.30 Å². The van der Waals surface area contributed by atoms with Crippen molar-refractivity contribution in [2.45, 2.75) is 6.42 Å². The van der Waals surface area contributed by atoms with Crippen LogP contribution >= 0.6 is 0 Å². The molecule has 3 heteroatoms. The lowest BCUT2D eigenvalue weighted by Gasteiger charge is -1.99. The lowest BCUT2D eigenvalue weighted by Crippen LogP contribution is -2.02. The lowest BCUT2D eigenvalue weighted by molar-refractivity contribution is 0.174. The molecule has 0 bridgehead atoms. The van der Waals surface area contributed by atoms with Gasteiger partial charge in [-0.15, -0.1) is 0 Å². The lowest BCUT2D eigenvalue weighted by atomic mass is 10.1. The Balaban J connectivity index is 2.21. The maximum absolute atomic E-state index is 7.24. The van der Waals surface area contributed by atoms with E-state index in [0.717, 1.165) is 5.56 Å². The summed E-state index contributed by atoms with van der Waals surface area (Å²) in [6.07, 6.45) is 0.170. The van der Waals surface area contributed by atoms with Crippen LogP contribution in [0.4, 0.5) is 0 Å². The molecule has 1 aromatic carbocycles. The van der Waals surface area contributed by atoms with Crippen molar-refractivity contribution in [2.75, 3.05) is 13.3 Å². The fraction of sp³-hybridized carbons (Fsp3) is 0.333. The third kappa shape index (κ3) is 1.23. The van der Waals surface area contributed by atoms with Gasteiger partial charge in [0, 0.05) is 2.74 Å². The zero-order valence-corrected chi connectivity index (χ0v) is 6.54. The molecule has 1 aliphatic heterocycles. The molecule has 3 nitrogen and oxygen atoms in total. The van der Waals surface area contributed by atoms with Gasteiger partial charge >= 0.3 is 0 Å². The largest absolute Gasteiger partial charge is 0.454 e. The minimum absolute atomic E-state index is 0.170. The Morgan fingerprint density at radius 1 is 1.42 bits per heavy atom. The summed E-state index contributed by atoms with van der Waals surface area (Å²) >= 11 is 0. The van der Waals surface area contributed by atoms with Crippen LogP contribution in [0.5, 0.6) is 11.5 Å². The third-order valence-corrected chi connectivity index (χ3v) is 1.74. The van der Waals surface area contributed by atoms with Crippen molar-refractivity contribution in [2.24, 2.45) is 5.73 Å². The van der Waals surface area contributed by atoms with Gasteiger partial charge in [-0.25, -0.2) is 0 Å². The number of nitrogens with two attached hydrogens (primary N) is 1. The predicted molar refractivity (Wildman–Crippen MR) is 45.3 cm³/mol. The normalized spacial score (nSPS) is 17.1. The summed E-state index contributed by atoms with van der Waals surface area (Å²) in [6.45, 7) is -1.46. The molecule has 2 N–H and O–H groups in total. The zero-order valence-electron chi connectivity index (χ0n) is 8.54. The van der Waals surface area contributed by atoms with Crippen LogP contribution in [0.25, 0.3) is 0 Å². The van der Waals surface area contributed by atoms with Crippen molar-refractivity contribution >= 4 is 0 Å². The number of hydrogen-bond acceptors (Lipinski definition) is 3. The Morgan fingerprint density at radius 2 is 2.25 bits per heavy atom. The molecule has 1 aliphatic rings. The van der Waals surface area contributed by atoms with Crippen LogP contribution in [-0.2, 0) is 6.42 Å². The number of rotatable bonds is 2. The van der Waals surface area contributed by atoms with Crippen LogP contribution in [0.2, 0.25) is 0 Å². The summed E-state index contributed by atoms with van der Waals surface area (Å²) < 4.78 is 24.8. The van der Waals surface area contributed by atoms with Gasteiger partial charge in [0.05, 0.1) is 0 Å². The van der Waals surface area contributed by atoms with Gasteiger partial charge in [-0.1, -0.05) is 6.07 Å². The molecule has 0 fully saturated rings. The van der Waals surface area contributed by atoms with E-state index in [-0.39, 0.29) is 13.2 Å². The highest BCUT2D eigenvalue weighted by Crippen LogP contribution is 2.32. The second-order valence-electron chi connectivity index (χ2n) is 2.57. The van der Waals surface area contributed by atoms with Crippen molar-refractivity contribution in [3.63, 3.8) is 0 Å². The highest BCUT2D eigenvalue weighted by atomic mass is 16.7. The summed E-state index contributed by atoms with van der Waals surface area (Å²) in [4.78, 5) is 0. The first-order valence-electron chi connectivity index (χ1n) is 4.72. The monoisotopic (exact) mass is 167 g/mol. The molecule has 0 radical (unpaired) electrons. The van der Waals surface area contributed by atoms with E-state index in [1.54, 1.807) is 18.2 Å². The summed E-state index contributed by atoms with van der Waals surface area (Å²) in [7, 11) is 0. The van der Waals surface area contributed by atoms with E-state index >= 15 is 0 Å². The first kappa shape index (κ1) is 5.43. The standard InChI is InChI=1S/C9H11NO2/c10-4-3-7-1-2-8-9(5-7)12-6-11-8/h1-2,5H,3-4,6,10H2/i4D2. The summed E-state index contributed by atoms with van der Waals surface area (Å²) in [6, 6.07) is 5.31. The van der Waals surface area contributed by atoms with Gasteiger partial charge in [-0.3, -0.25) is 0 Å². The molecule has 0 saturated carbocycles. The SMILES string of the molecule is [2H]C([2H])(N)Cc1ccc2c(c1)OCO2. The summed E-state index contributed by atoms with van der Waals surface area (Å²) in [5.74, 6) is 1.36. The number of hydrogen-bond donors (Lipinski definition) is 1. The number of benzene rings is 1. The second-order valence-corrected chi connectivity index (χ2v) is 2.57. The summed E-state index contributed by atoms with van der Waals surface area (Å²) in [5, 5.41) is 0. The van der Waals surface area contributed by atoms with E-state index in [2.05, 4.69) is 0 Å². The molecular weight excluding hydrogens is 154 g/mol. The molecule has 0 atom stereocenters. The van der Waals surface area contributed by atoms with Gasteiger partial charge < -0.3 is 15.2 Å². The van der Waals surface area contributed by atoms with Gasteiger partial charge in [-0.2, -0.15) is 0 Å². The maximum Gasteiger partial charge on any atom is 0.231 e. The van der Waals surface area contributed by atoms with Crippen LogP contribution in [-0.4, -0.2) is 13.3 Å². The van der Waals surface area contributed by atoms with Gasteiger partial charge in [0.1, 0.15) is 0 Å². The minimum atomic E-state index is -1.69. The minimum Gasteiger partial charge on any atom is -0.454 e. The molecule has 64 valence electrons. The van der Waals surface area contributed by atoms with Crippen molar-refractivity contribution in [1.82, 2.24) is 0 Å². The summed E-state index contributed by atoms with van der Waals surface area (Å²) in [5.41, 5.74) is 6.08. The molecule has 0 unspecified atom stereocenters. The Morgan fingerprint density at radius 3 is 3.08 bits per heavy atom. The number of ether oxygens (including phenoxy) is 2. The molecule has 0 aliphatic carbocycles. The third-order valence-electron chi connectivity index (χ3n) is 1.74. The smallest absolute Gasteiger partial charge is 0.231 e. The maximum atomic E-state index is 7.24. The molecule has 0 aromatic heterocycles. The van der Waals surface area contributed by atoms with Crippen molar-refractivity contribution < 1.29 is 12.2 Å². The predicted octanol–water partition coefficient (Wildman–Crippen LogP) is 0.916. The van der Waals surface area contributed by atoms with Crippen molar-refractivity contribution in [3.8, 4) is 11.5 Å². The molecule has 2 rings (SSSR count). The fourth-order valence-electron chi connectivity index (χ4n) is 1.17. The quantitative estimate of drug-likeness (QED) is 0.712. The molecule has 0 spiro atoms. The second kappa shape index (κ2) is 3.03. The van der Waals surface area contributed by atoms with Crippen LogP contribution in [0, 0.1) is 0 Å². The van der Waals surface area contributed by atoms with Crippen LogP contribution < -0.4 is 15.2 Å². The molecule has 1 heterocycles. The Bertz CT molecular complexity index is 349. The van der Waals surface area contributed by atoms with Crippen LogP contribution in [0.15, 0.2) is 18.2 Å². The molecule has 0 saturated heterocycles. The first-order chi connectivity index (χ1) is 6.54. The molecule has 0 amide bonds. The molecule has 12 heavy (non-hydrogen) atoms. The fourth-order valence-corrected chi connectivity index (χ4v) is 1.17. The first-order valence-corrected chi connectivity index (χ1v) is 3.72. The van der Waals surface area contributed by atoms with E-state index in [1.807, 2.05) is 0 Å². The number of fused-ring (bicyclic) bond motifs is 1. The van der Waals surface area contributed by atoms with Crippen molar-refractivity contribution in [1.29, 1.82) is 0 Å². The van der Waals surface area contributed by atoms with Crippen molar-refractivity contribution in [3.05, 3.63) is 23.8 Å². The van der Waals surface area contributed by atoms with Gasteiger partial charge in [0.25, 0.3) is 0 Å². The van der Waals surface area contributed by atoms with Crippen LogP contribution in [0.3, 0.4) is 0 Å².